The first-order valence-electron chi connectivity index (χ1n) is 6.23. The second kappa shape index (κ2) is 5.68. The Balaban J connectivity index is 2.24. The molecule has 0 bridgehead atoms. The summed E-state index contributed by atoms with van der Waals surface area (Å²) in [5.41, 5.74) is 5.99. The predicted octanol–water partition coefficient (Wildman–Crippen LogP) is -0.344. The number of aromatic nitrogens is 2. The van der Waals surface area contributed by atoms with Crippen LogP contribution in [0.25, 0.3) is 0 Å². The summed E-state index contributed by atoms with van der Waals surface area (Å²) in [4.78, 5) is 15.7. The molecule has 0 spiro atoms. The zero-order chi connectivity index (χ0) is 14.0. The molecular weight excluding hydrogens is 248 g/mol. The normalized spacial score (nSPS) is 26.8. The summed E-state index contributed by atoms with van der Waals surface area (Å²) in [6, 6.07) is 0.148. The van der Waals surface area contributed by atoms with Gasteiger partial charge < -0.3 is 20.5 Å². The van der Waals surface area contributed by atoms with Crippen molar-refractivity contribution in [3.8, 4) is 0 Å². The number of rotatable bonds is 4. The van der Waals surface area contributed by atoms with Crippen LogP contribution in [0.5, 0.6) is 0 Å². The maximum atomic E-state index is 11.9. The van der Waals surface area contributed by atoms with Crippen LogP contribution in [0.1, 0.15) is 18.2 Å². The third-order valence-electron chi connectivity index (χ3n) is 3.42. The van der Waals surface area contributed by atoms with Gasteiger partial charge in [-0.2, -0.15) is 4.98 Å². The van der Waals surface area contributed by atoms with E-state index in [4.69, 9.17) is 15.2 Å². The van der Waals surface area contributed by atoms with E-state index in [2.05, 4.69) is 10.3 Å². The highest BCUT2D eigenvalue weighted by molar-refractivity contribution is 5.35. The van der Waals surface area contributed by atoms with Crippen LogP contribution in [0, 0.1) is 6.92 Å². The van der Waals surface area contributed by atoms with Crippen molar-refractivity contribution in [1.29, 1.82) is 0 Å². The van der Waals surface area contributed by atoms with Crippen LogP contribution >= 0.6 is 0 Å². The number of ether oxygens (including phenoxy) is 2. The molecule has 0 saturated carbocycles. The Labute approximate surface area is 111 Å². The lowest BCUT2D eigenvalue weighted by atomic mass is 10.1. The summed E-state index contributed by atoms with van der Waals surface area (Å²) < 4.78 is 12.5. The van der Waals surface area contributed by atoms with Crippen molar-refractivity contribution in [1.82, 2.24) is 14.9 Å². The van der Waals surface area contributed by atoms with Crippen LogP contribution in [0.15, 0.2) is 11.0 Å². The summed E-state index contributed by atoms with van der Waals surface area (Å²) >= 11 is 0. The molecule has 7 heteroatoms. The van der Waals surface area contributed by atoms with Crippen LogP contribution in [0.4, 0.5) is 5.82 Å². The number of methoxy groups -OCH3 is 1. The summed E-state index contributed by atoms with van der Waals surface area (Å²) in [7, 11) is 3.50. The molecule has 3 atom stereocenters. The first-order valence-corrected chi connectivity index (χ1v) is 6.23. The van der Waals surface area contributed by atoms with Crippen molar-refractivity contribution < 1.29 is 9.47 Å². The number of hydrogen-bond donors (Lipinski definition) is 2. The van der Waals surface area contributed by atoms with Crippen molar-refractivity contribution in [2.24, 2.45) is 0 Å². The number of nitrogens with two attached hydrogens (primary N) is 1. The topological polar surface area (TPSA) is 91.4 Å². The summed E-state index contributed by atoms with van der Waals surface area (Å²) in [6.45, 7) is 2.30. The molecule has 106 valence electrons. The van der Waals surface area contributed by atoms with Crippen LogP contribution < -0.4 is 16.7 Å². The molecule has 1 aromatic rings. The van der Waals surface area contributed by atoms with Crippen LogP contribution in [-0.4, -0.2) is 42.5 Å². The number of nitrogen functional groups attached to an aromatic ring is 1. The van der Waals surface area contributed by atoms with Gasteiger partial charge >= 0.3 is 5.69 Å². The highest BCUT2D eigenvalue weighted by atomic mass is 16.5. The SMILES string of the molecule is CN[C@H]1C[C@H](n2cc(C)c(N)nc2=O)O[C@@H]1COC. The molecule has 1 saturated heterocycles. The monoisotopic (exact) mass is 268 g/mol. The van der Waals surface area contributed by atoms with E-state index in [1.807, 2.05) is 14.0 Å². The Kier molecular flexibility index (Phi) is 4.18. The minimum absolute atomic E-state index is 0.0789. The third kappa shape index (κ3) is 2.78. The van der Waals surface area contributed by atoms with Gasteiger partial charge in [-0.3, -0.25) is 4.57 Å². The lowest BCUT2D eigenvalue weighted by molar-refractivity contribution is -0.0376. The van der Waals surface area contributed by atoms with Crippen molar-refractivity contribution in [2.45, 2.75) is 31.7 Å². The van der Waals surface area contributed by atoms with Crippen molar-refractivity contribution in [2.75, 3.05) is 26.5 Å². The molecule has 1 aliphatic rings. The van der Waals surface area contributed by atoms with Crippen molar-refractivity contribution in [3.05, 3.63) is 22.2 Å². The molecule has 0 amide bonds. The molecule has 0 unspecified atom stereocenters. The minimum atomic E-state index is -0.388. The van der Waals surface area contributed by atoms with Gasteiger partial charge in [0.1, 0.15) is 12.0 Å². The average Bonchev–Trinajstić information content (AvgIpc) is 2.77. The van der Waals surface area contributed by atoms with E-state index < -0.39 is 0 Å². The number of aryl methyl sites for hydroxylation is 1. The third-order valence-corrected chi connectivity index (χ3v) is 3.42. The van der Waals surface area contributed by atoms with Gasteiger partial charge in [0, 0.05) is 31.3 Å². The number of nitrogens with zero attached hydrogens (tertiary/aromatic N) is 2. The van der Waals surface area contributed by atoms with Gasteiger partial charge in [0.25, 0.3) is 0 Å². The van der Waals surface area contributed by atoms with Crippen molar-refractivity contribution in [3.63, 3.8) is 0 Å². The van der Waals surface area contributed by atoms with Gasteiger partial charge in [-0.25, -0.2) is 4.79 Å². The number of likely N-dealkylation sites (N-methyl/N-ethyl adjacent to an activating group) is 1. The number of nitrogens with one attached hydrogen (secondary N) is 1. The fourth-order valence-electron chi connectivity index (χ4n) is 2.31. The molecule has 0 aliphatic carbocycles. The molecule has 3 N–H and O–H groups in total. The smallest absolute Gasteiger partial charge is 0.351 e. The average molecular weight is 268 g/mol. The van der Waals surface area contributed by atoms with Gasteiger partial charge in [-0.15, -0.1) is 0 Å². The molecule has 1 fully saturated rings. The van der Waals surface area contributed by atoms with Gasteiger partial charge in [0.05, 0.1) is 12.7 Å². The quantitative estimate of drug-likeness (QED) is 0.776. The van der Waals surface area contributed by atoms with E-state index in [9.17, 15) is 4.79 Å². The fraction of sp³-hybridized carbons (Fsp3) is 0.667. The molecule has 19 heavy (non-hydrogen) atoms. The van der Waals surface area contributed by atoms with Crippen LogP contribution in [-0.2, 0) is 9.47 Å². The van der Waals surface area contributed by atoms with E-state index in [1.54, 1.807) is 13.3 Å². The highest BCUT2D eigenvalue weighted by Crippen LogP contribution is 2.28. The van der Waals surface area contributed by atoms with Gasteiger partial charge in [-0.05, 0) is 14.0 Å². The number of hydrogen-bond acceptors (Lipinski definition) is 6. The lowest BCUT2D eigenvalue weighted by Gasteiger charge is -2.17. The second-order valence-corrected chi connectivity index (χ2v) is 4.71. The van der Waals surface area contributed by atoms with Crippen molar-refractivity contribution >= 4 is 5.82 Å². The van der Waals surface area contributed by atoms with E-state index in [0.717, 1.165) is 5.56 Å². The Morgan fingerprint density at radius 2 is 2.42 bits per heavy atom. The van der Waals surface area contributed by atoms with Crippen LogP contribution in [0.2, 0.25) is 0 Å². The van der Waals surface area contributed by atoms with E-state index in [-0.39, 0.29) is 29.9 Å². The number of anilines is 1. The summed E-state index contributed by atoms with van der Waals surface area (Å²) in [6.07, 6.45) is 1.97. The molecule has 7 nitrogen and oxygen atoms in total. The molecule has 1 aromatic heterocycles. The fourth-order valence-corrected chi connectivity index (χ4v) is 2.31. The predicted molar refractivity (Wildman–Crippen MR) is 70.9 cm³/mol. The standard InChI is InChI=1S/C12H20N4O3/c1-7-5-16(12(17)15-11(7)13)10-4-8(14-2)9(19-10)6-18-3/h5,8-10,14H,4,6H2,1-3H3,(H2,13,15,17)/t8-,9+,10+/m0/s1. The maximum absolute atomic E-state index is 11.9. The Morgan fingerprint density at radius 1 is 1.68 bits per heavy atom. The Morgan fingerprint density at radius 3 is 3.05 bits per heavy atom. The molecule has 2 rings (SSSR count). The van der Waals surface area contributed by atoms with Gasteiger partial charge in [0.15, 0.2) is 0 Å². The molecule has 0 aromatic carbocycles. The Hall–Kier alpha value is -1.44. The summed E-state index contributed by atoms with van der Waals surface area (Å²) in [5, 5.41) is 3.18. The first-order chi connectivity index (χ1) is 9.06. The molecule has 1 aliphatic heterocycles. The van der Waals surface area contributed by atoms with Crippen LogP contribution in [0.3, 0.4) is 0 Å². The highest BCUT2D eigenvalue weighted by Gasteiger charge is 2.35. The zero-order valence-electron chi connectivity index (χ0n) is 11.4. The summed E-state index contributed by atoms with van der Waals surface area (Å²) in [5.74, 6) is 0.262. The zero-order valence-corrected chi connectivity index (χ0v) is 11.4. The van der Waals surface area contributed by atoms with E-state index in [1.165, 1.54) is 4.57 Å². The largest absolute Gasteiger partial charge is 0.383 e. The lowest BCUT2D eigenvalue weighted by Crippen LogP contribution is -2.36. The second-order valence-electron chi connectivity index (χ2n) is 4.71. The van der Waals surface area contributed by atoms with E-state index in [0.29, 0.717) is 13.0 Å². The molecular formula is C12H20N4O3. The first kappa shape index (κ1) is 14.0. The Bertz CT molecular complexity index is 502. The van der Waals surface area contributed by atoms with Gasteiger partial charge in [0.2, 0.25) is 0 Å². The van der Waals surface area contributed by atoms with Gasteiger partial charge in [-0.1, -0.05) is 0 Å². The molecule has 0 radical (unpaired) electrons. The maximum Gasteiger partial charge on any atom is 0.351 e. The molecule has 2 heterocycles. The minimum Gasteiger partial charge on any atom is -0.383 e. The van der Waals surface area contributed by atoms with E-state index >= 15 is 0 Å².